The molecule has 116 valence electrons. The number of likely N-dealkylation sites (N-methyl/N-ethyl adjacent to an activating group) is 1. The van der Waals surface area contributed by atoms with Crippen molar-refractivity contribution in [2.45, 2.75) is 31.8 Å². The summed E-state index contributed by atoms with van der Waals surface area (Å²) in [6.45, 7) is 1.31. The van der Waals surface area contributed by atoms with E-state index in [9.17, 15) is 4.79 Å². The third-order valence-corrected chi connectivity index (χ3v) is 3.62. The number of rotatable bonds is 6. The predicted molar refractivity (Wildman–Crippen MR) is 82.6 cm³/mol. The standard InChI is InChI=1S/C16H24N2O3/c1-18(2)9-10-20-15-11-12(7-8-14(15)17)16(19)21-13-5-3-4-6-13/h7-8,11,13H,3-6,9-10,17H2,1-2H3. The Morgan fingerprint density at radius 2 is 2.05 bits per heavy atom. The molecule has 1 fully saturated rings. The molecule has 1 aromatic carbocycles. The molecular weight excluding hydrogens is 268 g/mol. The maximum atomic E-state index is 12.1. The third kappa shape index (κ3) is 4.63. The van der Waals surface area contributed by atoms with Crippen molar-refractivity contribution in [2.75, 3.05) is 33.0 Å². The second-order valence-corrected chi connectivity index (χ2v) is 5.72. The van der Waals surface area contributed by atoms with Crippen molar-refractivity contribution < 1.29 is 14.3 Å². The van der Waals surface area contributed by atoms with Crippen LogP contribution in [0.1, 0.15) is 36.0 Å². The Bertz CT molecular complexity index is 482. The Morgan fingerprint density at radius 3 is 2.71 bits per heavy atom. The summed E-state index contributed by atoms with van der Waals surface area (Å²) < 4.78 is 11.1. The van der Waals surface area contributed by atoms with Gasteiger partial charge in [0.15, 0.2) is 0 Å². The van der Waals surface area contributed by atoms with Crippen LogP contribution in [0.4, 0.5) is 5.69 Å². The third-order valence-electron chi connectivity index (χ3n) is 3.62. The zero-order chi connectivity index (χ0) is 15.2. The van der Waals surface area contributed by atoms with Crippen molar-refractivity contribution in [3.63, 3.8) is 0 Å². The topological polar surface area (TPSA) is 64.8 Å². The SMILES string of the molecule is CN(C)CCOc1cc(C(=O)OC2CCCC2)ccc1N. The van der Waals surface area contributed by atoms with Crippen molar-refractivity contribution in [1.29, 1.82) is 0 Å². The van der Waals surface area contributed by atoms with Gasteiger partial charge < -0.3 is 20.1 Å². The maximum Gasteiger partial charge on any atom is 0.338 e. The van der Waals surface area contributed by atoms with E-state index in [0.717, 1.165) is 32.2 Å². The Hall–Kier alpha value is -1.75. The highest BCUT2D eigenvalue weighted by atomic mass is 16.5. The van der Waals surface area contributed by atoms with Gasteiger partial charge in [-0.15, -0.1) is 0 Å². The molecule has 0 aliphatic heterocycles. The summed E-state index contributed by atoms with van der Waals surface area (Å²) in [5.41, 5.74) is 6.91. The molecule has 0 amide bonds. The number of nitrogens with two attached hydrogens (primary N) is 1. The van der Waals surface area contributed by atoms with Gasteiger partial charge in [0.1, 0.15) is 18.5 Å². The monoisotopic (exact) mass is 292 g/mol. The molecule has 1 aliphatic carbocycles. The van der Waals surface area contributed by atoms with Crippen LogP contribution in [0.3, 0.4) is 0 Å². The maximum absolute atomic E-state index is 12.1. The lowest BCUT2D eigenvalue weighted by Crippen LogP contribution is -2.20. The molecule has 2 N–H and O–H groups in total. The van der Waals surface area contributed by atoms with Crippen LogP contribution in [0.2, 0.25) is 0 Å². The van der Waals surface area contributed by atoms with Crippen LogP contribution in [-0.4, -0.2) is 44.2 Å². The number of benzene rings is 1. The van der Waals surface area contributed by atoms with E-state index in [1.165, 1.54) is 0 Å². The lowest BCUT2D eigenvalue weighted by Gasteiger charge is -2.14. The van der Waals surface area contributed by atoms with Crippen LogP contribution in [0.25, 0.3) is 0 Å². The number of hydrogen-bond acceptors (Lipinski definition) is 5. The van der Waals surface area contributed by atoms with Gasteiger partial charge in [-0.3, -0.25) is 0 Å². The second-order valence-electron chi connectivity index (χ2n) is 5.72. The second kappa shape index (κ2) is 7.31. The summed E-state index contributed by atoms with van der Waals surface area (Å²) in [7, 11) is 3.95. The summed E-state index contributed by atoms with van der Waals surface area (Å²) in [5, 5.41) is 0. The number of anilines is 1. The molecule has 0 radical (unpaired) electrons. The molecule has 1 saturated carbocycles. The fourth-order valence-corrected chi connectivity index (χ4v) is 2.35. The molecule has 1 aliphatic rings. The van der Waals surface area contributed by atoms with Crippen LogP contribution in [0.15, 0.2) is 18.2 Å². The highest BCUT2D eigenvalue weighted by Gasteiger charge is 2.20. The summed E-state index contributed by atoms with van der Waals surface area (Å²) in [4.78, 5) is 14.1. The van der Waals surface area contributed by atoms with Crippen LogP contribution in [0.5, 0.6) is 5.75 Å². The van der Waals surface area contributed by atoms with Gasteiger partial charge in [0.2, 0.25) is 0 Å². The smallest absolute Gasteiger partial charge is 0.338 e. The predicted octanol–water partition coefficient (Wildman–Crippen LogP) is 2.31. The first-order valence-electron chi connectivity index (χ1n) is 7.44. The number of ether oxygens (including phenoxy) is 2. The van der Waals surface area contributed by atoms with Gasteiger partial charge in [0.05, 0.1) is 11.3 Å². The van der Waals surface area contributed by atoms with Gasteiger partial charge in [-0.25, -0.2) is 4.79 Å². The molecule has 0 spiro atoms. The van der Waals surface area contributed by atoms with Crippen molar-refractivity contribution in [2.24, 2.45) is 0 Å². The molecule has 0 atom stereocenters. The normalized spacial score (nSPS) is 15.4. The Morgan fingerprint density at radius 1 is 1.33 bits per heavy atom. The van der Waals surface area contributed by atoms with Crippen LogP contribution in [-0.2, 0) is 4.74 Å². The molecule has 0 saturated heterocycles. The van der Waals surface area contributed by atoms with E-state index in [2.05, 4.69) is 0 Å². The van der Waals surface area contributed by atoms with Gasteiger partial charge in [-0.05, 0) is 58.0 Å². The largest absolute Gasteiger partial charge is 0.490 e. The number of nitrogens with zero attached hydrogens (tertiary/aromatic N) is 1. The molecule has 21 heavy (non-hydrogen) atoms. The fraction of sp³-hybridized carbons (Fsp3) is 0.562. The van der Waals surface area contributed by atoms with Gasteiger partial charge in [-0.1, -0.05) is 0 Å². The van der Waals surface area contributed by atoms with E-state index in [-0.39, 0.29) is 12.1 Å². The number of hydrogen-bond donors (Lipinski definition) is 1. The van der Waals surface area contributed by atoms with Gasteiger partial charge in [-0.2, -0.15) is 0 Å². The van der Waals surface area contributed by atoms with Crippen molar-refractivity contribution in [3.8, 4) is 5.75 Å². The van der Waals surface area contributed by atoms with Crippen molar-refractivity contribution >= 4 is 11.7 Å². The molecule has 2 rings (SSSR count). The number of carbonyl (C=O) groups excluding carboxylic acids is 1. The summed E-state index contributed by atoms with van der Waals surface area (Å²) in [5.74, 6) is 0.247. The lowest BCUT2D eigenvalue weighted by molar-refractivity contribution is 0.0317. The first-order valence-corrected chi connectivity index (χ1v) is 7.44. The Kier molecular flexibility index (Phi) is 5.44. The molecule has 0 bridgehead atoms. The zero-order valence-corrected chi connectivity index (χ0v) is 12.8. The quantitative estimate of drug-likeness (QED) is 0.644. The minimum Gasteiger partial charge on any atom is -0.490 e. The minimum atomic E-state index is -0.292. The highest BCUT2D eigenvalue weighted by Crippen LogP contribution is 2.25. The number of esters is 1. The van der Waals surface area contributed by atoms with Crippen LogP contribution >= 0.6 is 0 Å². The van der Waals surface area contributed by atoms with E-state index in [1.807, 2.05) is 19.0 Å². The van der Waals surface area contributed by atoms with E-state index in [1.54, 1.807) is 18.2 Å². The summed E-state index contributed by atoms with van der Waals surface area (Å²) in [6, 6.07) is 5.05. The molecular formula is C16H24N2O3. The Labute approximate surface area is 126 Å². The number of carbonyl (C=O) groups is 1. The fourth-order valence-electron chi connectivity index (χ4n) is 2.35. The highest BCUT2D eigenvalue weighted by molar-refractivity contribution is 5.90. The molecule has 5 heteroatoms. The van der Waals surface area contributed by atoms with Crippen LogP contribution in [0, 0.1) is 0 Å². The first-order chi connectivity index (χ1) is 10.1. The molecule has 0 heterocycles. The molecule has 1 aromatic rings. The van der Waals surface area contributed by atoms with Crippen molar-refractivity contribution in [1.82, 2.24) is 4.90 Å². The molecule has 5 nitrogen and oxygen atoms in total. The average molecular weight is 292 g/mol. The summed E-state index contributed by atoms with van der Waals surface area (Å²) >= 11 is 0. The number of nitrogen functional groups attached to an aromatic ring is 1. The van der Waals surface area contributed by atoms with Gasteiger partial charge >= 0.3 is 5.97 Å². The van der Waals surface area contributed by atoms with Gasteiger partial charge in [0.25, 0.3) is 0 Å². The van der Waals surface area contributed by atoms with E-state index in [4.69, 9.17) is 15.2 Å². The molecule has 0 unspecified atom stereocenters. The van der Waals surface area contributed by atoms with E-state index in [0.29, 0.717) is 23.6 Å². The minimum absolute atomic E-state index is 0.0631. The molecule has 0 aromatic heterocycles. The first kappa shape index (κ1) is 15.6. The zero-order valence-electron chi connectivity index (χ0n) is 12.8. The van der Waals surface area contributed by atoms with Crippen LogP contribution < -0.4 is 10.5 Å². The summed E-state index contributed by atoms with van der Waals surface area (Å²) in [6.07, 6.45) is 4.27. The average Bonchev–Trinajstić information content (AvgIpc) is 2.93. The van der Waals surface area contributed by atoms with E-state index < -0.39 is 0 Å². The lowest BCUT2D eigenvalue weighted by atomic mass is 10.2. The van der Waals surface area contributed by atoms with Crippen molar-refractivity contribution in [3.05, 3.63) is 23.8 Å². The van der Waals surface area contributed by atoms with Gasteiger partial charge in [0, 0.05) is 6.54 Å². The Balaban J connectivity index is 1.97. The van der Waals surface area contributed by atoms with E-state index >= 15 is 0 Å².